The van der Waals surface area contributed by atoms with Crippen molar-refractivity contribution in [3.05, 3.63) is 11.9 Å². The van der Waals surface area contributed by atoms with E-state index in [4.69, 9.17) is 17.2 Å². The lowest BCUT2D eigenvalue weighted by molar-refractivity contribution is -0.133. The maximum absolute atomic E-state index is 12.9. The highest BCUT2D eigenvalue weighted by atomic mass is 16.2. The van der Waals surface area contributed by atoms with Gasteiger partial charge in [-0.15, -0.1) is 0 Å². The first-order chi connectivity index (χ1) is 18.5. The minimum atomic E-state index is -0.980. The van der Waals surface area contributed by atoms with Crippen LogP contribution in [0.2, 0.25) is 0 Å². The smallest absolute Gasteiger partial charge is 0.243 e. The van der Waals surface area contributed by atoms with Crippen LogP contribution in [0.25, 0.3) is 0 Å². The molecule has 0 spiro atoms. The molecule has 0 aliphatic rings. The highest BCUT2D eigenvalue weighted by Crippen LogP contribution is 2.13. The highest BCUT2D eigenvalue weighted by molar-refractivity contribution is 5.93. The number of hydrogen-bond acceptors (Lipinski definition) is 6. The molecule has 0 aliphatic heterocycles. The van der Waals surface area contributed by atoms with Crippen LogP contribution in [0.4, 0.5) is 0 Å². The molecule has 3 atom stereocenters. The molecular weight excluding hydrogens is 496 g/mol. The van der Waals surface area contributed by atoms with Gasteiger partial charge in [0, 0.05) is 24.7 Å². The second-order valence-electron chi connectivity index (χ2n) is 10.9. The molecule has 10 nitrogen and oxygen atoms in total. The molecule has 0 heterocycles. The van der Waals surface area contributed by atoms with E-state index in [1.807, 2.05) is 0 Å². The van der Waals surface area contributed by atoms with Gasteiger partial charge in [0.15, 0.2) is 0 Å². The summed E-state index contributed by atoms with van der Waals surface area (Å²) in [6.07, 6.45) is 17.3. The molecule has 0 bridgehead atoms. The summed E-state index contributed by atoms with van der Waals surface area (Å²) in [6.45, 7) is 7.23. The lowest BCUT2D eigenvalue weighted by Gasteiger charge is -2.24. The van der Waals surface area contributed by atoms with E-state index >= 15 is 0 Å². The first-order valence-corrected chi connectivity index (χ1v) is 14.9. The minimum Gasteiger partial charge on any atom is -0.403 e. The molecule has 0 aliphatic carbocycles. The second-order valence-corrected chi connectivity index (χ2v) is 10.9. The molecule has 0 radical (unpaired) electrons. The molecule has 2 unspecified atom stereocenters. The summed E-state index contributed by atoms with van der Waals surface area (Å²) in [4.78, 5) is 49.5. The number of carbonyl (C=O) groups is 4. The van der Waals surface area contributed by atoms with Crippen LogP contribution in [0.3, 0.4) is 0 Å². The zero-order valence-corrected chi connectivity index (χ0v) is 24.9. The van der Waals surface area contributed by atoms with Gasteiger partial charge in [0.2, 0.25) is 23.6 Å². The fraction of sp³-hybridized carbons (Fsp3) is 0.793. The average Bonchev–Trinajstić information content (AvgIpc) is 2.88. The van der Waals surface area contributed by atoms with Crippen LogP contribution >= 0.6 is 0 Å². The van der Waals surface area contributed by atoms with E-state index in [0.717, 1.165) is 19.3 Å². The molecule has 0 rings (SSSR count). The average molecular weight is 553 g/mol. The standard InChI is InChI=1S/C29H56N6O4/c1-5-6-7-8-9-10-11-12-13-14-15-16-17-18-25(36)34-24(19-23(31)20-30)29(39)33-22(4)28(38)35-26(21(2)3)27(32)37/h20-22,24,26H,5-19,30-31H2,1-4H3,(H2,32,37)(H,33,39)(H,34,36)(H,35,38)/b23-20-/t22-,24?,26?/m0/s1. The van der Waals surface area contributed by atoms with Crippen molar-refractivity contribution in [3.8, 4) is 0 Å². The quantitative estimate of drug-likeness (QED) is 0.106. The van der Waals surface area contributed by atoms with Gasteiger partial charge in [0.1, 0.15) is 18.1 Å². The number of rotatable bonds is 23. The molecule has 4 amide bonds. The lowest BCUT2D eigenvalue weighted by Crippen LogP contribution is -2.56. The van der Waals surface area contributed by atoms with Gasteiger partial charge in [0.05, 0.1) is 0 Å². The minimum absolute atomic E-state index is 0.0108. The van der Waals surface area contributed by atoms with Gasteiger partial charge in [-0.3, -0.25) is 19.2 Å². The Morgan fingerprint density at radius 2 is 1.18 bits per heavy atom. The number of hydrogen-bond donors (Lipinski definition) is 6. The Kier molecular flexibility index (Phi) is 20.5. The number of primary amides is 1. The maximum Gasteiger partial charge on any atom is 0.243 e. The Hall–Kier alpha value is -2.78. The Labute approximate surface area is 236 Å². The summed E-state index contributed by atoms with van der Waals surface area (Å²) in [6, 6.07) is -2.79. The van der Waals surface area contributed by atoms with Crippen molar-refractivity contribution >= 4 is 23.6 Å². The number of carbonyl (C=O) groups excluding carboxylic acids is 4. The predicted molar refractivity (Wildman–Crippen MR) is 157 cm³/mol. The summed E-state index contributed by atoms with van der Waals surface area (Å²) in [7, 11) is 0. The molecule has 0 aromatic rings. The zero-order chi connectivity index (χ0) is 29.6. The molecule has 0 aromatic heterocycles. The van der Waals surface area contributed by atoms with Crippen LogP contribution in [-0.4, -0.2) is 41.8 Å². The summed E-state index contributed by atoms with van der Waals surface area (Å²) < 4.78 is 0. The summed E-state index contributed by atoms with van der Waals surface area (Å²) in [5.74, 6) is -2.24. The molecule has 39 heavy (non-hydrogen) atoms. The highest BCUT2D eigenvalue weighted by Gasteiger charge is 2.28. The van der Waals surface area contributed by atoms with Gasteiger partial charge < -0.3 is 33.2 Å². The first kappa shape index (κ1) is 36.2. The van der Waals surface area contributed by atoms with Gasteiger partial charge >= 0.3 is 0 Å². The van der Waals surface area contributed by atoms with Crippen molar-refractivity contribution in [2.24, 2.45) is 23.1 Å². The van der Waals surface area contributed by atoms with Gasteiger partial charge in [-0.25, -0.2) is 0 Å². The molecule has 226 valence electrons. The van der Waals surface area contributed by atoms with Gasteiger partial charge in [0.25, 0.3) is 0 Å². The van der Waals surface area contributed by atoms with Crippen LogP contribution in [0.15, 0.2) is 11.9 Å². The topological polar surface area (TPSA) is 182 Å². The maximum atomic E-state index is 12.9. The number of nitrogens with one attached hydrogen (secondary N) is 3. The first-order valence-electron chi connectivity index (χ1n) is 14.9. The van der Waals surface area contributed by atoms with E-state index in [1.165, 1.54) is 77.3 Å². The summed E-state index contributed by atoms with van der Waals surface area (Å²) in [5, 5.41) is 7.84. The largest absolute Gasteiger partial charge is 0.403 e. The van der Waals surface area contributed by atoms with E-state index < -0.39 is 35.8 Å². The third-order valence-electron chi connectivity index (χ3n) is 6.84. The van der Waals surface area contributed by atoms with E-state index in [-0.39, 0.29) is 23.9 Å². The molecule has 9 N–H and O–H groups in total. The Morgan fingerprint density at radius 1 is 0.692 bits per heavy atom. The van der Waals surface area contributed by atoms with Crippen LogP contribution in [0, 0.1) is 5.92 Å². The summed E-state index contributed by atoms with van der Waals surface area (Å²) in [5.41, 5.74) is 16.9. The fourth-order valence-corrected chi connectivity index (χ4v) is 4.31. The SMILES string of the molecule is CCCCCCCCCCCCCCCC(=O)NC(C/C(N)=C/N)C(=O)N[C@@H](C)C(=O)NC(C(N)=O)C(C)C. The van der Waals surface area contributed by atoms with Crippen molar-refractivity contribution < 1.29 is 19.2 Å². The third-order valence-corrected chi connectivity index (χ3v) is 6.84. The molecule has 0 saturated carbocycles. The Balaban J connectivity index is 4.45. The number of nitrogens with two attached hydrogens (primary N) is 3. The van der Waals surface area contributed by atoms with E-state index in [1.54, 1.807) is 13.8 Å². The summed E-state index contributed by atoms with van der Waals surface area (Å²) >= 11 is 0. The number of unbranched alkanes of at least 4 members (excludes halogenated alkanes) is 12. The van der Waals surface area contributed by atoms with Crippen LogP contribution in [0.1, 0.15) is 124 Å². The molecule has 0 aromatic carbocycles. The van der Waals surface area contributed by atoms with Crippen LogP contribution < -0.4 is 33.2 Å². The fourth-order valence-electron chi connectivity index (χ4n) is 4.31. The van der Waals surface area contributed by atoms with Crippen LogP contribution in [0.5, 0.6) is 0 Å². The van der Waals surface area contributed by atoms with E-state index in [2.05, 4.69) is 22.9 Å². The second kappa shape index (κ2) is 22.1. The molecular formula is C29H56N6O4. The van der Waals surface area contributed by atoms with Crippen molar-refractivity contribution in [1.29, 1.82) is 0 Å². The molecule has 10 heteroatoms. The Morgan fingerprint density at radius 3 is 1.62 bits per heavy atom. The van der Waals surface area contributed by atoms with E-state index in [9.17, 15) is 19.2 Å². The van der Waals surface area contributed by atoms with Crippen molar-refractivity contribution in [1.82, 2.24) is 16.0 Å². The normalized spacial score (nSPS) is 13.9. The number of amides is 4. The molecule has 0 saturated heterocycles. The predicted octanol–water partition coefficient (Wildman–Crippen LogP) is 3.23. The van der Waals surface area contributed by atoms with E-state index in [0.29, 0.717) is 6.42 Å². The van der Waals surface area contributed by atoms with Gasteiger partial charge in [-0.05, 0) is 19.3 Å². The van der Waals surface area contributed by atoms with Gasteiger partial charge in [-0.2, -0.15) is 0 Å². The van der Waals surface area contributed by atoms with Crippen molar-refractivity contribution in [2.45, 2.75) is 142 Å². The lowest BCUT2D eigenvalue weighted by atomic mass is 10.0. The van der Waals surface area contributed by atoms with Crippen molar-refractivity contribution in [2.75, 3.05) is 0 Å². The zero-order valence-electron chi connectivity index (χ0n) is 24.9. The monoisotopic (exact) mass is 552 g/mol. The third kappa shape index (κ3) is 18.2. The molecule has 0 fully saturated rings. The van der Waals surface area contributed by atoms with Crippen LogP contribution in [-0.2, 0) is 19.2 Å². The van der Waals surface area contributed by atoms with Crippen molar-refractivity contribution in [3.63, 3.8) is 0 Å². The van der Waals surface area contributed by atoms with Gasteiger partial charge in [-0.1, -0.05) is 97.8 Å². The Bertz CT molecular complexity index is 756.